The predicted molar refractivity (Wildman–Crippen MR) is 123 cm³/mol. The van der Waals surface area contributed by atoms with Crippen LogP contribution in [0, 0.1) is 5.82 Å². The van der Waals surface area contributed by atoms with Crippen molar-refractivity contribution in [1.29, 1.82) is 0 Å². The lowest BCUT2D eigenvalue weighted by Gasteiger charge is -2.12. The molecule has 0 bridgehead atoms. The first-order valence-electron chi connectivity index (χ1n) is 10.8. The van der Waals surface area contributed by atoms with Gasteiger partial charge in [-0.05, 0) is 49.2 Å². The Balaban J connectivity index is 1.42. The Bertz CT molecular complexity index is 1570. The Morgan fingerprint density at radius 1 is 1.11 bits per heavy atom. The topological polar surface area (TPSA) is 122 Å². The summed E-state index contributed by atoms with van der Waals surface area (Å²) in [5.74, 6) is -1.41. The lowest BCUT2D eigenvalue weighted by atomic mass is 10.0. The predicted octanol–water partition coefficient (Wildman–Crippen LogP) is 4.62. The number of nitrogens with one attached hydrogen (secondary N) is 1. The summed E-state index contributed by atoms with van der Waals surface area (Å²) in [6.45, 7) is 1.36. The summed E-state index contributed by atoms with van der Waals surface area (Å²) in [4.78, 5) is 19.9. The number of hydrogen-bond donors (Lipinski definition) is 2. The number of nitrogens with zero attached hydrogens (tertiary/aromatic N) is 2. The zero-order valence-corrected chi connectivity index (χ0v) is 19.9. The molecule has 0 aliphatic heterocycles. The zero-order chi connectivity index (χ0) is 27.0. The molecule has 0 fully saturated rings. The molecule has 4 aromatic rings. The highest BCUT2D eigenvalue weighted by atomic mass is 32.2. The fraction of sp³-hybridized carbons (Fsp3) is 0.208. The molecule has 8 nitrogen and oxygen atoms in total. The van der Waals surface area contributed by atoms with Crippen molar-refractivity contribution in [2.45, 2.75) is 37.1 Å². The van der Waals surface area contributed by atoms with Crippen LogP contribution in [0.3, 0.4) is 0 Å². The van der Waals surface area contributed by atoms with Gasteiger partial charge in [-0.25, -0.2) is 22.8 Å². The van der Waals surface area contributed by atoms with Crippen LogP contribution in [0.4, 0.5) is 17.6 Å². The van der Waals surface area contributed by atoms with Crippen LogP contribution >= 0.6 is 0 Å². The van der Waals surface area contributed by atoms with Crippen molar-refractivity contribution in [3.05, 3.63) is 71.8 Å². The third-order valence-electron chi connectivity index (χ3n) is 5.48. The van der Waals surface area contributed by atoms with Gasteiger partial charge in [0, 0.05) is 30.3 Å². The minimum absolute atomic E-state index is 0.0775. The van der Waals surface area contributed by atoms with Gasteiger partial charge in [0.25, 0.3) is 10.0 Å². The highest BCUT2D eigenvalue weighted by Crippen LogP contribution is 2.31. The summed E-state index contributed by atoms with van der Waals surface area (Å²) < 4.78 is 84.4. The first kappa shape index (κ1) is 26.2. The monoisotopic (exact) mass is 537 g/mol. The zero-order valence-electron chi connectivity index (χ0n) is 19.1. The molecular weight excluding hydrogens is 518 g/mol. The van der Waals surface area contributed by atoms with E-state index >= 15 is 0 Å². The number of ketones is 1. The Morgan fingerprint density at radius 2 is 1.81 bits per heavy atom. The van der Waals surface area contributed by atoms with Crippen LogP contribution in [-0.4, -0.2) is 35.3 Å². The molecule has 0 aliphatic rings. The molecule has 2 N–H and O–H groups in total. The van der Waals surface area contributed by atoms with Gasteiger partial charge in [0.1, 0.15) is 17.1 Å². The Hall–Kier alpha value is -3.84. The maximum atomic E-state index is 13.4. The largest absolute Gasteiger partial charge is 0.507 e. The highest BCUT2D eigenvalue weighted by molar-refractivity contribution is 7.89. The molecule has 0 unspecified atom stereocenters. The number of aromatic nitrogens is 2. The molecule has 2 aromatic carbocycles. The van der Waals surface area contributed by atoms with Crippen molar-refractivity contribution < 1.29 is 40.3 Å². The Labute approximate surface area is 208 Å². The van der Waals surface area contributed by atoms with E-state index in [0.717, 1.165) is 18.2 Å². The fourth-order valence-electron chi connectivity index (χ4n) is 3.49. The number of carbonyl (C=O) groups excluding carboxylic acids is 1. The minimum Gasteiger partial charge on any atom is -0.507 e. The van der Waals surface area contributed by atoms with Gasteiger partial charge in [0.05, 0.1) is 17.2 Å². The molecule has 2 aromatic heterocycles. The van der Waals surface area contributed by atoms with E-state index in [9.17, 15) is 35.9 Å². The van der Waals surface area contributed by atoms with Crippen molar-refractivity contribution in [3.8, 4) is 17.1 Å². The maximum Gasteiger partial charge on any atom is 0.419 e. The van der Waals surface area contributed by atoms with E-state index < -0.39 is 44.5 Å². The number of furan rings is 1. The Kier molecular flexibility index (Phi) is 7.02. The number of hydrogen-bond acceptors (Lipinski definition) is 7. The highest BCUT2D eigenvalue weighted by Gasteiger charge is 2.31. The third kappa shape index (κ3) is 5.94. The van der Waals surface area contributed by atoms with Gasteiger partial charge >= 0.3 is 6.18 Å². The van der Waals surface area contributed by atoms with Crippen LogP contribution in [-0.2, 0) is 27.4 Å². The van der Waals surface area contributed by atoms with Crippen molar-refractivity contribution in [1.82, 2.24) is 14.7 Å². The van der Waals surface area contributed by atoms with E-state index in [1.807, 2.05) is 0 Å². The second-order valence-corrected chi connectivity index (χ2v) is 9.85. The van der Waals surface area contributed by atoms with E-state index in [1.165, 1.54) is 31.2 Å². The smallest absolute Gasteiger partial charge is 0.419 e. The van der Waals surface area contributed by atoms with Crippen LogP contribution in [0.15, 0.2) is 64.4 Å². The number of rotatable bonds is 8. The van der Waals surface area contributed by atoms with E-state index in [1.54, 1.807) is 0 Å². The Morgan fingerprint density at radius 3 is 2.49 bits per heavy atom. The number of aromatic hydroxyl groups is 1. The standard InChI is InChI=1S/C24H19F4N3O5S/c1-13(31-37(34,35)22-10-15-9-17(25)4-7-21(15)36-22)19(32)5-2-14-3-6-20(33)18(8-14)23-29-11-16(12-30-23)24(26,27)28/h3-4,6-13,31,33H,2,5H2,1H3/t13-/m0/s1. The lowest BCUT2D eigenvalue weighted by Crippen LogP contribution is -2.38. The van der Waals surface area contributed by atoms with Crippen LogP contribution in [0.25, 0.3) is 22.4 Å². The minimum atomic E-state index is -4.61. The van der Waals surface area contributed by atoms with Crippen molar-refractivity contribution in [2.75, 3.05) is 0 Å². The fourth-order valence-corrected chi connectivity index (χ4v) is 4.69. The van der Waals surface area contributed by atoms with E-state index in [-0.39, 0.29) is 40.9 Å². The van der Waals surface area contributed by atoms with Gasteiger partial charge in [-0.15, -0.1) is 0 Å². The second kappa shape index (κ2) is 9.90. The van der Waals surface area contributed by atoms with Crippen LogP contribution < -0.4 is 4.72 Å². The molecule has 0 saturated carbocycles. The molecule has 13 heteroatoms. The molecular formula is C24H19F4N3O5S. The summed E-state index contributed by atoms with van der Waals surface area (Å²) in [6, 6.07) is 7.82. The number of alkyl halides is 3. The van der Waals surface area contributed by atoms with Gasteiger partial charge < -0.3 is 9.52 Å². The van der Waals surface area contributed by atoms with Gasteiger partial charge in [0.15, 0.2) is 11.6 Å². The number of halogens is 4. The summed E-state index contributed by atoms with van der Waals surface area (Å²) in [6.07, 6.45) is -3.35. The number of Topliss-reactive ketones (excluding diaryl/α,β-unsaturated/α-hetero) is 1. The van der Waals surface area contributed by atoms with Crippen LogP contribution in [0.2, 0.25) is 0 Å². The summed E-state index contributed by atoms with van der Waals surface area (Å²) in [5.41, 5.74) is -0.252. The van der Waals surface area contributed by atoms with E-state index in [4.69, 9.17) is 4.42 Å². The van der Waals surface area contributed by atoms with Crippen molar-refractivity contribution in [2.24, 2.45) is 0 Å². The summed E-state index contributed by atoms with van der Waals surface area (Å²) in [5, 5.41) is 9.90. The molecule has 0 aliphatic carbocycles. The number of carbonyl (C=O) groups is 1. The molecule has 37 heavy (non-hydrogen) atoms. The summed E-state index contributed by atoms with van der Waals surface area (Å²) >= 11 is 0. The van der Waals surface area contributed by atoms with Gasteiger partial charge in [-0.1, -0.05) is 6.07 Å². The normalized spacial score (nSPS) is 13.1. The molecule has 0 saturated heterocycles. The van der Waals surface area contributed by atoms with Crippen LogP contribution in [0.5, 0.6) is 5.75 Å². The molecule has 1 atom stereocenters. The number of phenolic OH excluding ortho intramolecular Hbond substituents is 1. The molecule has 0 radical (unpaired) electrons. The van der Waals surface area contributed by atoms with Crippen LogP contribution in [0.1, 0.15) is 24.5 Å². The number of aryl methyl sites for hydroxylation is 1. The molecule has 0 amide bonds. The quantitative estimate of drug-likeness (QED) is 0.315. The third-order valence-corrected chi connectivity index (χ3v) is 6.87. The van der Waals surface area contributed by atoms with Gasteiger partial charge in [-0.2, -0.15) is 17.9 Å². The first-order chi connectivity index (χ1) is 17.3. The molecule has 4 rings (SSSR count). The number of phenols is 1. The maximum absolute atomic E-state index is 13.4. The van der Waals surface area contributed by atoms with Gasteiger partial charge in [0.2, 0.25) is 5.09 Å². The number of sulfonamides is 1. The molecule has 194 valence electrons. The average molecular weight is 537 g/mol. The van der Waals surface area contributed by atoms with Crippen molar-refractivity contribution >= 4 is 26.8 Å². The second-order valence-electron chi connectivity index (χ2n) is 8.20. The van der Waals surface area contributed by atoms with E-state index in [0.29, 0.717) is 18.0 Å². The van der Waals surface area contributed by atoms with Crippen molar-refractivity contribution in [3.63, 3.8) is 0 Å². The average Bonchev–Trinajstić information content (AvgIpc) is 3.27. The number of benzene rings is 2. The number of fused-ring (bicyclic) bond motifs is 1. The molecule has 2 heterocycles. The SMILES string of the molecule is C[C@H](NS(=O)(=O)c1cc2cc(F)ccc2o1)C(=O)CCc1ccc(O)c(-c2ncc(C(F)(F)F)cn2)c1. The van der Waals surface area contributed by atoms with Gasteiger partial charge in [-0.3, -0.25) is 4.79 Å². The first-order valence-corrected chi connectivity index (χ1v) is 12.3. The summed E-state index contributed by atoms with van der Waals surface area (Å²) in [7, 11) is -4.21. The molecule has 0 spiro atoms. The lowest BCUT2D eigenvalue weighted by molar-refractivity contribution is -0.138. The van der Waals surface area contributed by atoms with E-state index in [2.05, 4.69) is 14.7 Å².